The van der Waals surface area contributed by atoms with Gasteiger partial charge in [0.2, 0.25) is 0 Å². The minimum Gasteiger partial charge on any atom is -0.497 e. The van der Waals surface area contributed by atoms with Gasteiger partial charge in [-0.05, 0) is 38.3 Å². The lowest BCUT2D eigenvalue weighted by atomic mass is 9.98. The molecule has 0 amide bonds. The molecule has 4 heteroatoms. The predicted octanol–water partition coefficient (Wildman–Crippen LogP) is 2.50. The van der Waals surface area contributed by atoms with Crippen LogP contribution in [0.15, 0.2) is 18.2 Å². The maximum atomic E-state index is 10.2. The van der Waals surface area contributed by atoms with E-state index in [2.05, 4.69) is 0 Å². The molecule has 0 aliphatic rings. The van der Waals surface area contributed by atoms with E-state index in [4.69, 9.17) is 14.2 Å². The quantitative estimate of drug-likeness (QED) is 0.747. The summed E-state index contributed by atoms with van der Waals surface area (Å²) in [5.74, 6) is 1.53. The maximum Gasteiger partial charge on any atom is 0.418 e. The first kappa shape index (κ1) is 14.4. The zero-order valence-electron chi connectivity index (χ0n) is 11.3. The maximum absolute atomic E-state index is 10.2. The molecular formula is C14H19O4. The summed E-state index contributed by atoms with van der Waals surface area (Å²) in [6.07, 6.45) is 1.45. The molecular weight excluding hydrogens is 232 g/mol. The molecule has 1 rings (SSSR count). The molecule has 0 N–H and O–H groups in total. The van der Waals surface area contributed by atoms with Crippen molar-refractivity contribution in [1.29, 1.82) is 0 Å². The van der Waals surface area contributed by atoms with Crippen LogP contribution >= 0.6 is 0 Å². The summed E-state index contributed by atoms with van der Waals surface area (Å²) in [6, 6.07) is 5.69. The van der Waals surface area contributed by atoms with Crippen LogP contribution in [0.3, 0.4) is 0 Å². The summed E-state index contributed by atoms with van der Waals surface area (Å²) in [5, 5.41) is 0. The van der Waals surface area contributed by atoms with Gasteiger partial charge < -0.3 is 14.2 Å². The van der Waals surface area contributed by atoms with E-state index in [0.717, 1.165) is 23.5 Å². The molecule has 0 spiro atoms. The normalized spacial score (nSPS) is 10.9. The van der Waals surface area contributed by atoms with Crippen LogP contribution in [-0.2, 0) is 16.0 Å². The van der Waals surface area contributed by atoms with Gasteiger partial charge in [-0.15, -0.1) is 0 Å². The summed E-state index contributed by atoms with van der Waals surface area (Å²) < 4.78 is 15.4. The van der Waals surface area contributed by atoms with Crippen molar-refractivity contribution in [3.63, 3.8) is 0 Å². The van der Waals surface area contributed by atoms with E-state index in [1.165, 1.54) is 6.47 Å². The van der Waals surface area contributed by atoms with Crippen LogP contribution < -0.4 is 9.47 Å². The Morgan fingerprint density at radius 1 is 1.22 bits per heavy atom. The number of rotatable bonds is 7. The number of ether oxygens (including phenoxy) is 3. The van der Waals surface area contributed by atoms with Crippen LogP contribution in [0.5, 0.6) is 11.5 Å². The lowest BCUT2D eigenvalue weighted by Gasteiger charge is -2.22. The van der Waals surface area contributed by atoms with Gasteiger partial charge in [-0.1, -0.05) is 6.07 Å². The third-order valence-corrected chi connectivity index (χ3v) is 2.81. The number of benzene rings is 1. The third-order valence-electron chi connectivity index (χ3n) is 2.81. The third kappa shape index (κ3) is 3.95. The lowest BCUT2D eigenvalue weighted by Crippen LogP contribution is -2.24. The minimum atomic E-state index is -0.521. The molecule has 0 heterocycles. The zero-order valence-corrected chi connectivity index (χ0v) is 11.3. The van der Waals surface area contributed by atoms with Gasteiger partial charge in [0.1, 0.15) is 17.1 Å². The van der Waals surface area contributed by atoms with Gasteiger partial charge in [-0.3, -0.25) is 0 Å². The number of hydrogen-bond acceptors (Lipinski definition) is 4. The van der Waals surface area contributed by atoms with Crippen LogP contribution in [0.25, 0.3) is 0 Å². The van der Waals surface area contributed by atoms with Crippen LogP contribution in [-0.4, -0.2) is 26.3 Å². The van der Waals surface area contributed by atoms with E-state index in [9.17, 15) is 4.79 Å². The fourth-order valence-corrected chi connectivity index (χ4v) is 1.66. The van der Waals surface area contributed by atoms with Gasteiger partial charge in [-0.25, -0.2) is 4.79 Å². The van der Waals surface area contributed by atoms with Crippen LogP contribution in [0, 0.1) is 0 Å². The Kier molecular flexibility index (Phi) is 5.01. The highest BCUT2D eigenvalue weighted by molar-refractivity contribution is 5.41. The fraction of sp³-hybridized carbons (Fsp3) is 0.500. The molecule has 0 saturated heterocycles. The molecule has 0 atom stereocenters. The molecule has 0 saturated carbocycles. The standard InChI is InChI=1S/C14H19O4/c1-14(2,18-10-15)8-7-11-5-6-12(16-3)9-13(11)17-4/h5-6,9H,7-8H2,1-4H3. The van der Waals surface area contributed by atoms with Crippen molar-refractivity contribution in [2.75, 3.05) is 14.2 Å². The Labute approximate surface area is 108 Å². The Bertz CT molecular complexity index is 399. The number of methoxy groups -OCH3 is 2. The van der Waals surface area contributed by atoms with Crippen LogP contribution in [0.2, 0.25) is 0 Å². The van der Waals surface area contributed by atoms with Crippen molar-refractivity contribution < 1.29 is 19.0 Å². The number of carbonyl (C=O) groups excluding carboxylic acids is 1. The molecule has 18 heavy (non-hydrogen) atoms. The number of hydrogen-bond donors (Lipinski definition) is 0. The Balaban J connectivity index is 2.75. The van der Waals surface area contributed by atoms with E-state index in [-0.39, 0.29) is 0 Å². The highest BCUT2D eigenvalue weighted by atomic mass is 16.5. The second-order valence-electron chi connectivity index (χ2n) is 4.62. The molecule has 0 aliphatic heterocycles. The fourth-order valence-electron chi connectivity index (χ4n) is 1.66. The molecule has 0 aromatic heterocycles. The molecule has 0 aliphatic carbocycles. The van der Waals surface area contributed by atoms with E-state index >= 15 is 0 Å². The van der Waals surface area contributed by atoms with Gasteiger partial charge in [0.05, 0.1) is 14.2 Å². The Morgan fingerprint density at radius 2 is 1.94 bits per heavy atom. The first-order chi connectivity index (χ1) is 8.52. The second-order valence-corrected chi connectivity index (χ2v) is 4.62. The van der Waals surface area contributed by atoms with Crippen molar-refractivity contribution in [2.24, 2.45) is 0 Å². The molecule has 0 bridgehead atoms. The SMILES string of the molecule is COc1ccc(CCC(C)(C)O[C]=O)c(OC)c1. The molecule has 1 aromatic rings. The average molecular weight is 251 g/mol. The van der Waals surface area contributed by atoms with Gasteiger partial charge >= 0.3 is 6.47 Å². The van der Waals surface area contributed by atoms with Crippen LogP contribution in [0.4, 0.5) is 0 Å². The summed E-state index contributed by atoms with van der Waals surface area (Å²) in [4.78, 5) is 10.2. The lowest BCUT2D eigenvalue weighted by molar-refractivity contribution is 0.0804. The first-order valence-corrected chi connectivity index (χ1v) is 5.78. The van der Waals surface area contributed by atoms with Gasteiger partial charge in [-0.2, -0.15) is 0 Å². The van der Waals surface area contributed by atoms with E-state index in [1.807, 2.05) is 32.0 Å². The smallest absolute Gasteiger partial charge is 0.418 e. The Morgan fingerprint density at radius 3 is 2.50 bits per heavy atom. The van der Waals surface area contributed by atoms with Gasteiger partial charge in [0.15, 0.2) is 0 Å². The molecule has 0 fully saturated rings. The van der Waals surface area contributed by atoms with Gasteiger partial charge in [0, 0.05) is 6.07 Å². The van der Waals surface area contributed by atoms with Crippen molar-refractivity contribution in [2.45, 2.75) is 32.3 Å². The van der Waals surface area contributed by atoms with Gasteiger partial charge in [0.25, 0.3) is 0 Å². The minimum absolute atomic E-state index is 0.521. The van der Waals surface area contributed by atoms with Crippen molar-refractivity contribution in [1.82, 2.24) is 0 Å². The molecule has 1 aromatic carbocycles. The van der Waals surface area contributed by atoms with Crippen molar-refractivity contribution in [3.05, 3.63) is 23.8 Å². The predicted molar refractivity (Wildman–Crippen MR) is 68.7 cm³/mol. The van der Waals surface area contributed by atoms with E-state index in [0.29, 0.717) is 6.42 Å². The topological polar surface area (TPSA) is 44.8 Å². The molecule has 4 nitrogen and oxygen atoms in total. The highest BCUT2D eigenvalue weighted by Crippen LogP contribution is 2.27. The van der Waals surface area contributed by atoms with Crippen LogP contribution in [0.1, 0.15) is 25.8 Å². The largest absolute Gasteiger partial charge is 0.497 e. The first-order valence-electron chi connectivity index (χ1n) is 5.78. The molecule has 0 unspecified atom stereocenters. The molecule has 99 valence electrons. The zero-order chi connectivity index (χ0) is 13.6. The summed E-state index contributed by atoms with van der Waals surface area (Å²) in [6.45, 7) is 5.20. The van der Waals surface area contributed by atoms with E-state index < -0.39 is 5.60 Å². The summed E-state index contributed by atoms with van der Waals surface area (Å²) >= 11 is 0. The monoisotopic (exact) mass is 251 g/mol. The van der Waals surface area contributed by atoms with E-state index in [1.54, 1.807) is 14.2 Å². The Hall–Kier alpha value is -1.71. The average Bonchev–Trinajstić information content (AvgIpc) is 2.36. The number of aryl methyl sites for hydroxylation is 1. The second kappa shape index (κ2) is 6.28. The summed E-state index contributed by atoms with van der Waals surface area (Å²) in [7, 11) is 3.24. The highest BCUT2D eigenvalue weighted by Gasteiger charge is 2.20. The molecule has 1 radical (unpaired) electrons. The van der Waals surface area contributed by atoms with Crippen molar-refractivity contribution >= 4 is 6.47 Å². The summed E-state index contributed by atoms with van der Waals surface area (Å²) in [5.41, 5.74) is 0.535. The van der Waals surface area contributed by atoms with Crippen molar-refractivity contribution in [3.8, 4) is 11.5 Å².